The fraction of sp³-hybridized carbons (Fsp3) is 0.714. The number of nitrogens with one attached hydrogen (secondary N) is 1. The van der Waals surface area contributed by atoms with E-state index in [-0.39, 0.29) is 22.6 Å². The van der Waals surface area contributed by atoms with Crippen molar-refractivity contribution in [1.82, 2.24) is 20.2 Å². The topological polar surface area (TPSA) is 75.2 Å². The van der Waals surface area contributed by atoms with Gasteiger partial charge in [0, 0.05) is 36.3 Å². The minimum absolute atomic E-state index is 0.0777. The fourth-order valence-electron chi connectivity index (χ4n) is 8.53. The normalized spacial score (nSPS) is 38.8. The molecular formula is C28H40N4O2. The number of hydrogen-bond acceptors (Lipinski definition) is 4. The van der Waals surface area contributed by atoms with Gasteiger partial charge in [-0.25, -0.2) is 9.97 Å². The highest BCUT2D eigenvalue weighted by atomic mass is 16.2. The van der Waals surface area contributed by atoms with Crippen LogP contribution in [0.15, 0.2) is 18.2 Å². The molecule has 0 saturated heterocycles. The first-order valence-electron chi connectivity index (χ1n) is 13.2. The molecule has 5 rings (SSSR count). The Kier molecular flexibility index (Phi) is 5.84. The third-order valence-electron chi connectivity index (χ3n) is 10.2. The van der Waals surface area contributed by atoms with Gasteiger partial charge in [0.15, 0.2) is 0 Å². The minimum Gasteiger partial charge on any atom is -0.349 e. The molecule has 184 valence electrons. The van der Waals surface area contributed by atoms with Crippen LogP contribution >= 0.6 is 0 Å². The summed E-state index contributed by atoms with van der Waals surface area (Å²) in [6.07, 6.45) is 11.7. The lowest BCUT2D eigenvalue weighted by molar-refractivity contribution is -0.139. The van der Waals surface area contributed by atoms with Crippen LogP contribution in [0, 0.1) is 48.3 Å². The number of rotatable bonds is 4. The van der Waals surface area contributed by atoms with Crippen LogP contribution < -0.4 is 5.32 Å². The summed E-state index contributed by atoms with van der Waals surface area (Å²) in [7, 11) is 1.98. The molecule has 0 unspecified atom stereocenters. The van der Waals surface area contributed by atoms with Gasteiger partial charge in [0.25, 0.3) is 0 Å². The van der Waals surface area contributed by atoms with Crippen molar-refractivity contribution in [2.45, 2.75) is 85.2 Å². The molecule has 4 aliphatic rings. The van der Waals surface area contributed by atoms with Gasteiger partial charge in [-0.1, -0.05) is 19.9 Å². The number of carbonyl (C=O) groups is 2. The van der Waals surface area contributed by atoms with Crippen molar-refractivity contribution in [3.8, 4) is 0 Å². The highest BCUT2D eigenvalue weighted by molar-refractivity contribution is 5.89. The summed E-state index contributed by atoms with van der Waals surface area (Å²) >= 11 is 0. The van der Waals surface area contributed by atoms with E-state index in [1.54, 1.807) is 0 Å². The Bertz CT molecular complexity index is 1000. The first-order chi connectivity index (χ1) is 16.1. The zero-order chi connectivity index (χ0) is 24.3. The number of amides is 2. The monoisotopic (exact) mass is 464 g/mol. The summed E-state index contributed by atoms with van der Waals surface area (Å²) < 4.78 is 0. The predicted octanol–water partition coefficient (Wildman–Crippen LogP) is 4.36. The molecule has 0 radical (unpaired) electrons. The Hall–Kier alpha value is -2.24. The molecule has 0 aromatic carbocycles. The third kappa shape index (κ3) is 3.77. The number of hydrogen-bond donors (Lipinski definition) is 1. The van der Waals surface area contributed by atoms with Crippen LogP contribution in [0.4, 0.5) is 0 Å². The number of likely N-dealkylation sites (N-methyl/N-ethyl adjacent to an activating group) is 1. The summed E-state index contributed by atoms with van der Waals surface area (Å²) in [6, 6.07) is 2.28. The van der Waals surface area contributed by atoms with Crippen LogP contribution in [0.1, 0.15) is 76.0 Å². The maximum atomic E-state index is 12.9. The fourth-order valence-corrected chi connectivity index (χ4v) is 8.53. The Morgan fingerprint density at radius 3 is 2.56 bits per heavy atom. The zero-order valence-corrected chi connectivity index (χ0v) is 21.4. The molecule has 7 atom stereocenters. The quantitative estimate of drug-likeness (QED) is 0.719. The summed E-state index contributed by atoms with van der Waals surface area (Å²) in [4.78, 5) is 36.1. The molecule has 1 N–H and O–H groups in total. The van der Waals surface area contributed by atoms with E-state index in [0.717, 1.165) is 24.2 Å². The smallest absolute Gasteiger partial charge is 0.246 e. The van der Waals surface area contributed by atoms with Gasteiger partial charge in [-0.15, -0.1) is 0 Å². The van der Waals surface area contributed by atoms with E-state index < -0.39 is 0 Å². The molecule has 0 spiro atoms. The van der Waals surface area contributed by atoms with Crippen molar-refractivity contribution in [3.63, 3.8) is 0 Å². The van der Waals surface area contributed by atoms with Crippen LogP contribution in [0.5, 0.6) is 0 Å². The van der Waals surface area contributed by atoms with Gasteiger partial charge >= 0.3 is 0 Å². The van der Waals surface area contributed by atoms with Gasteiger partial charge in [0.05, 0.1) is 6.54 Å². The second-order valence-electron chi connectivity index (χ2n) is 12.0. The Labute approximate surface area is 204 Å². The predicted molar refractivity (Wildman–Crippen MR) is 132 cm³/mol. The standard InChI is InChI=1S/C28H40N4O2/c1-17-14-18(2)31-24(30-17)16-29-25(33)15-19-6-8-21-20-7-9-23-28(4,13-11-26(34)32(23)5)22(20)10-12-27(19,21)3/h11,13-14,19-23H,6-10,12,15-16H2,1-5H3,(H,29,33)/t19-,20+,21+,22+,23-,27-,28-/m1/s1. The molecule has 6 nitrogen and oxygen atoms in total. The van der Waals surface area contributed by atoms with Crippen LogP contribution in [-0.2, 0) is 16.1 Å². The van der Waals surface area contributed by atoms with Crippen LogP contribution in [0.3, 0.4) is 0 Å². The zero-order valence-electron chi connectivity index (χ0n) is 21.4. The van der Waals surface area contributed by atoms with E-state index >= 15 is 0 Å². The van der Waals surface area contributed by atoms with E-state index in [4.69, 9.17) is 0 Å². The molecular weight excluding hydrogens is 424 g/mol. The second-order valence-corrected chi connectivity index (χ2v) is 12.0. The number of nitrogens with zero attached hydrogens (tertiary/aromatic N) is 3. The first-order valence-corrected chi connectivity index (χ1v) is 13.2. The summed E-state index contributed by atoms with van der Waals surface area (Å²) in [5.41, 5.74) is 2.19. The lowest BCUT2D eigenvalue weighted by Crippen LogP contribution is -2.59. The molecule has 2 heterocycles. The average Bonchev–Trinajstić information content (AvgIpc) is 3.11. The molecule has 1 aromatic heterocycles. The summed E-state index contributed by atoms with van der Waals surface area (Å²) in [6.45, 7) is 9.18. The first kappa shape index (κ1) is 23.5. The molecule has 3 fully saturated rings. The molecule has 1 aromatic rings. The van der Waals surface area contributed by atoms with Crippen molar-refractivity contribution < 1.29 is 9.59 Å². The highest BCUT2D eigenvalue weighted by Gasteiger charge is 2.60. The number of carbonyl (C=O) groups excluding carboxylic acids is 2. The Balaban J connectivity index is 1.26. The number of aromatic nitrogens is 2. The maximum absolute atomic E-state index is 12.9. The molecule has 3 saturated carbocycles. The van der Waals surface area contributed by atoms with Crippen molar-refractivity contribution in [1.29, 1.82) is 0 Å². The minimum atomic E-state index is 0.0777. The van der Waals surface area contributed by atoms with E-state index in [2.05, 4.69) is 35.2 Å². The third-order valence-corrected chi connectivity index (χ3v) is 10.2. The van der Waals surface area contributed by atoms with Gasteiger partial charge < -0.3 is 10.2 Å². The van der Waals surface area contributed by atoms with E-state index in [1.165, 1.54) is 25.7 Å². The summed E-state index contributed by atoms with van der Waals surface area (Å²) in [5, 5.41) is 3.09. The van der Waals surface area contributed by atoms with E-state index in [1.807, 2.05) is 37.9 Å². The van der Waals surface area contributed by atoms with Crippen molar-refractivity contribution in [2.24, 2.45) is 34.5 Å². The average molecular weight is 465 g/mol. The lowest BCUT2D eigenvalue weighted by Gasteiger charge is -2.60. The van der Waals surface area contributed by atoms with Gasteiger partial charge in [-0.05, 0) is 93.6 Å². The van der Waals surface area contributed by atoms with Crippen LogP contribution in [0.25, 0.3) is 0 Å². The molecule has 2 amide bonds. The van der Waals surface area contributed by atoms with Crippen molar-refractivity contribution in [2.75, 3.05) is 7.05 Å². The highest BCUT2D eigenvalue weighted by Crippen LogP contribution is 2.65. The Morgan fingerprint density at radius 2 is 1.82 bits per heavy atom. The molecule has 1 aliphatic heterocycles. The number of aryl methyl sites for hydroxylation is 2. The number of fused-ring (bicyclic) bond motifs is 5. The molecule has 3 aliphatic carbocycles. The van der Waals surface area contributed by atoms with Gasteiger partial charge in [-0.2, -0.15) is 0 Å². The Morgan fingerprint density at radius 1 is 1.09 bits per heavy atom. The van der Waals surface area contributed by atoms with Gasteiger partial charge in [0.2, 0.25) is 11.8 Å². The van der Waals surface area contributed by atoms with Gasteiger partial charge in [-0.3, -0.25) is 9.59 Å². The van der Waals surface area contributed by atoms with Crippen LogP contribution in [0.2, 0.25) is 0 Å². The molecule has 6 heteroatoms. The SMILES string of the molecule is Cc1cc(C)nc(CNC(=O)C[C@H]2CC[C@H]3[C@@H]4CC[C@H]5N(C)C(=O)C=C[C@]5(C)[C@H]4CC[C@]23C)n1. The van der Waals surface area contributed by atoms with Crippen LogP contribution in [-0.4, -0.2) is 39.8 Å². The maximum Gasteiger partial charge on any atom is 0.246 e. The largest absolute Gasteiger partial charge is 0.349 e. The second kappa shape index (κ2) is 8.46. The summed E-state index contributed by atoms with van der Waals surface area (Å²) in [5.74, 6) is 3.42. The molecule has 34 heavy (non-hydrogen) atoms. The van der Waals surface area contributed by atoms with Gasteiger partial charge in [0.1, 0.15) is 5.82 Å². The van der Waals surface area contributed by atoms with E-state index in [9.17, 15) is 9.59 Å². The van der Waals surface area contributed by atoms with Crippen molar-refractivity contribution in [3.05, 3.63) is 35.4 Å². The lowest BCUT2D eigenvalue weighted by atomic mass is 9.47. The molecule has 0 bridgehead atoms. The van der Waals surface area contributed by atoms with E-state index in [0.29, 0.717) is 48.5 Å². The van der Waals surface area contributed by atoms with Crippen molar-refractivity contribution >= 4 is 11.8 Å².